The van der Waals surface area contributed by atoms with Gasteiger partial charge in [0.05, 0.1) is 6.04 Å². The molecule has 1 N–H and O–H groups in total. The molecule has 0 radical (unpaired) electrons. The molecule has 0 amide bonds. The van der Waals surface area contributed by atoms with Crippen LogP contribution < -0.4 is 5.32 Å². The average molecular weight is 295 g/mol. The number of hydrogen-bond acceptors (Lipinski definition) is 2. The van der Waals surface area contributed by atoms with Gasteiger partial charge in [0, 0.05) is 4.88 Å². The molecule has 0 aliphatic rings. The molecule has 1 heterocycles. The number of nitrogens with one attached hydrogen (secondary N) is 1. The van der Waals surface area contributed by atoms with Crippen LogP contribution in [-0.4, -0.2) is 6.54 Å². The van der Waals surface area contributed by atoms with Crippen molar-refractivity contribution in [2.24, 2.45) is 0 Å². The minimum absolute atomic E-state index is 0.301. The number of aryl methyl sites for hydroxylation is 1. The summed E-state index contributed by atoms with van der Waals surface area (Å²) in [4.78, 5) is 1.43. The van der Waals surface area contributed by atoms with Crippen molar-refractivity contribution < 1.29 is 0 Å². The lowest BCUT2D eigenvalue weighted by atomic mass is 9.99. The Kier molecular flexibility index (Phi) is 4.37. The van der Waals surface area contributed by atoms with Crippen molar-refractivity contribution in [2.75, 3.05) is 6.54 Å². The largest absolute Gasteiger partial charge is 0.306 e. The Bertz CT molecular complexity index is 729. The van der Waals surface area contributed by atoms with Crippen LogP contribution >= 0.6 is 11.3 Å². The van der Waals surface area contributed by atoms with E-state index in [1.54, 1.807) is 0 Å². The highest BCUT2D eigenvalue weighted by Gasteiger charge is 2.16. The maximum atomic E-state index is 3.70. The highest BCUT2D eigenvalue weighted by Crippen LogP contribution is 2.31. The van der Waals surface area contributed by atoms with Gasteiger partial charge in [0.25, 0.3) is 0 Å². The molecule has 0 bridgehead atoms. The molecule has 3 aromatic rings. The van der Waals surface area contributed by atoms with Gasteiger partial charge in [-0.15, -0.1) is 11.3 Å². The topological polar surface area (TPSA) is 12.0 Å². The molecular weight excluding hydrogens is 274 g/mol. The highest BCUT2D eigenvalue weighted by molar-refractivity contribution is 7.10. The second kappa shape index (κ2) is 6.42. The first-order chi connectivity index (χ1) is 10.3. The van der Waals surface area contributed by atoms with E-state index in [9.17, 15) is 0 Å². The molecule has 1 unspecified atom stereocenters. The lowest BCUT2D eigenvalue weighted by molar-refractivity contribution is 0.604. The fourth-order valence-electron chi connectivity index (χ4n) is 2.72. The summed E-state index contributed by atoms with van der Waals surface area (Å²) in [5.74, 6) is 0. The zero-order valence-corrected chi connectivity index (χ0v) is 13.4. The first kappa shape index (κ1) is 14.3. The third-order valence-electron chi connectivity index (χ3n) is 3.87. The highest BCUT2D eigenvalue weighted by atomic mass is 32.1. The van der Waals surface area contributed by atoms with Crippen molar-refractivity contribution in [1.29, 1.82) is 0 Å². The summed E-state index contributed by atoms with van der Waals surface area (Å²) in [5, 5.41) is 8.51. The Morgan fingerprint density at radius 2 is 1.86 bits per heavy atom. The zero-order chi connectivity index (χ0) is 14.7. The zero-order valence-electron chi connectivity index (χ0n) is 12.6. The van der Waals surface area contributed by atoms with E-state index in [1.165, 1.54) is 26.8 Å². The van der Waals surface area contributed by atoms with Crippen molar-refractivity contribution in [3.8, 4) is 0 Å². The van der Waals surface area contributed by atoms with Gasteiger partial charge in [0.2, 0.25) is 0 Å². The van der Waals surface area contributed by atoms with E-state index in [0.29, 0.717) is 6.04 Å². The number of thiophene rings is 1. The fourth-order valence-corrected chi connectivity index (χ4v) is 3.75. The SMILES string of the molecule is CCCNC(c1ccc2ccccc2c1)c1sccc1C. The van der Waals surface area contributed by atoms with Crippen LogP contribution in [-0.2, 0) is 0 Å². The summed E-state index contributed by atoms with van der Waals surface area (Å²) in [6.45, 7) is 5.45. The Hall–Kier alpha value is -1.64. The molecule has 108 valence electrons. The Balaban J connectivity index is 2.03. The van der Waals surface area contributed by atoms with Crippen molar-refractivity contribution in [3.63, 3.8) is 0 Å². The molecule has 0 aliphatic carbocycles. The van der Waals surface area contributed by atoms with Crippen LogP contribution in [0.25, 0.3) is 10.8 Å². The van der Waals surface area contributed by atoms with E-state index in [0.717, 1.165) is 13.0 Å². The molecule has 0 fully saturated rings. The average Bonchev–Trinajstić information content (AvgIpc) is 2.94. The standard InChI is InChI=1S/C19H21NS/c1-3-11-20-18(19-14(2)10-12-21-19)17-9-8-15-6-4-5-7-16(15)13-17/h4-10,12-13,18,20H,3,11H2,1-2H3. The number of hydrogen-bond donors (Lipinski definition) is 1. The summed E-state index contributed by atoms with van der Waals surface area (Å²) >= 11 is 1.85. The fraction of sp³-hybridized carbons (Fsp3) is 0.263. The van der Waals surface area contributed by atoms with Crippen LogP contribution in [0.15, 0.2) is 53.9 Å². The molecule has 3 rings (SSSR count). The predicted molar refractivity (Wildman–Crippen MR) is 93.1 cm³/mol. The van der Waals surface area contributed by atoms with Gasteiger partial charge in [-0.3, -0.25) is 0 Å². The molecule has 0 spiro atoms. The lowest BCUT2D eigenvalue weighted by Crippen LogP contribution is -2.22. The van der Waals surface area contributed by atoms with Gasteiger partial charge in [-0.1, -0.05) is 43.3 Å². The summed E-state index contributed by atoms with van der Waals surface area (Å²) in [6, 6.07) is 17.9. The normalized spacial score (nSPS) is 12.7. The first-order valence-corrected chi connectivity index (χ1v) is 8.43. The van der Waals surface area contributed by atoms with Crippen LogP contribution in [0.2, 0.25) is 0 Å². The van der Waals surface area contributed by atoms with Crippen LogP contribution in [0.1, 0.15) is 35.4 Å². The van der Waals surface area contributed by atoms with Crippen LogP contribution in [0, 0.1) is 6.92 Å². The van der Waals surface area contributed by atoms with E-state index in [2.05, 4.69) is 73.1 Å². The summed E-state index contributed by atoms with van der Waals surface area (Å²) < 4.78 is 0. The first-order valence-electron chi connectivity index (χ1n) is 7.55. The van der Waals surface area contributed by atoms with Crippen LogP contribution in [0.3, 0.4) is 0 Å². The minimum atomic E-state index is 0.301. The third kappa shape index (κ3) is 3.02. The van der Waals surface area contributed by atoms with Crippen molar-refractivity contribution in [1.82, 2.24) is 5.32 Å². The maximum absolute atomic E-state index is 3.70. The summed E-state index contributed by atoms with van der Waals surface area (Å²) in [5.41, 5.74) is 2.73. The molecular formula is C19H21NS. The van der Waals surface area contributed by atoms with Crippen molar-refractivity contribution in [3.05, 3.63) is 69.9 Å². The molecule has 1 nitrogen and oxygen atoms in total. The second-order valence-corrected chi connectivity index (χ2v) is 6.41. The molecule has 0 saturated carbocycles. The van der Waals surface area contributed by atoms with E-state index in [4.69, 9.17) is 0 Å². The molecule has 2 aromatic carbocycles. The molecule has 21 heavy (non-hydrogen) atoms. The Labute approximate surface area is 130 Å². The number of fused-ring (bicyclic) bond motifs is 1. The quantitative estimate of drug-likeness (QED) is 0.673. The van der Waals surface area contributed by atoms with E-state index in [-0.39, 0.29) is 0 Å². The van der Waals surface area contributed by atoms with Gasteiger partial charge in [0.15, 0.2) is 0 Å². The lowest BCUT2D eigenvalue weighted by Gasteiger charge is -2.19. The van der Waals surface area contributed by atoms with E-state index in [1.807, 2.05) is 11.3 Å². The van der Waals surface area contributed by atoms with Crippen molar-refractivity contribution in [2.45, 2.75) is 26.3 Å². The monoisotopic (exact) mass is 295 g/mol. The second-order valence-electron chi connectivity index (χ2n) is 5.46. The maximum Gasteiger partial charge on any atom is 0.0673 e. The van der Waals surface area contributed by atoms with Gasteiger partial charge < -0.3 is 5.32 Å². The summed E-state index contributed by atoms with van der Waals surface area (Å²) in [6.07, 6.45) is 1.15. The van der Waals surface area contributed by atoms with Crippen LogP contribution in [0.4, 0.5) is 0 Å². The van der Waals surface area contributed by atoms with Gasteiger partial charge in [-0.05, 0) is 59.3 Å². The van der Waals surface area contributed by atoms with Gasteiger partial charge >= 0.3 is 0 Å². The molecule has 0 saturated heterocycles. The van der Waals surface area contributed by atoms with Gasteiger partial charge in [-0.25, -0.2) is 0 Å². The smallest absolute Gasteiger partial charge is 0.0673 e. The minimum Gasteiger partial charge on any atom is -0.306 e. The van der Waals surface area contributed by atoms with Gasteiger partial charge in [0.1, 0.15) is 0 Å². The van der Waals surface area contributed by atoms with Crippen LogP contribution in [0.5, 0.6) is 0 Å². The number of rotatable bonds is 5. The molecule has 2 heteroatoms. The van der Waals surface area contributed by atoms with E-state index >= 15 is 0 Å². The molecule has 1 aromatic heterocycles. The molecule has 0 aliphatic heterocycles. The van der Waals surface area contributed by atoms with E-state index < -0.39 is 0 Å². The predicted octanol–water partition coefficient (Wildman–Crippen LogP) is 5.30. The van der Waals surface area contributed by atoms with Crippen molar-refractivity contribution >= 4 is 22.1 Å². The van der Waals surface area contributed by atoms with Gasteiger partial charge in [-0.2, -0.15) is 0 Å². The summed E-state index contributed by atoms with van der Waals surface area (Å²) in [7, 11) is 0. The Morgan fingerprint density at radius 3 is 2.57 bits per heavy atom. The third-order valence-corrected chi connectivity index (χ3v) is 4.95. The molecule has 1 atom stereocenters. The Morgan fingerprint density at radius 1 is 1.05 bits per heavy atom. The number of benzene rings is 2.